The van der Waals surface area contributed by atoms with Crippen LogP contribution in [0.3, 0.4) is 0 Å². The summed E-state index contributed by atoms with van der Waals surface area (Å²) >= 11 is 3.50. The second kappa shape index (κ2) is 6.35. The van der Waals surface area contributed by atoms with E-state index < -0.39 is 5.97 Å². The van der Waals surface area contributed by atoms with E-state index in [0.717, 1.165) is 15.9 Å². The monoisotopic (exact) mass is 357 g/mol. The summed E-state index contributed by atoms with van der Waals surface area (Å²) in [6.07, 6.45) is 0. The van der Waals surface area contributed by atoms with Crippen LogP contribution in [-0.2, 0) is 29.7 Å². The van der Waals surface area contributed by atoms with E-state index in [1.807, 2.05) is 14.0 Å². The maximum atomic E-state index is 11.7. The number of carbonyl (C=O) groups is 1. The van der Waals surface area contributed by atoms with Crippen LogP contribution in [-0.4, -0.2) is 45.0 Å². The number of methoxy groups -OCH3 is 2. The molecule has 0 radical (unpaired) electrons. The quantitative estimate of drug-likeness (QED) is 0.744. The van der Waals surface area contributed by atoms with E-state index >= 15 is 0 Å². The van der Waals surface area contributed by atoms with Gasteiger partial charge in [-0.25, -0.2) is 9.48 Å². The Hall–Kier alpha value is -1.74. The Bertz CT molecular complexity index is 664. The SMILES string of the molecule is COCc1c(C(=O)OC)nnn1Cc1c(Br)c(C)nn1C. The Kier molecular flexibility index (Phi) is 4.73. The number of aromatic nitrogens is 5. The first-order chi connectivity index (χ1) is 9.99. The summed E-state index contributed by atoms with van der Waals surface area (Å²) in [4.78, 5) is 11.7. The first kappa shape index (κ1) is 15.6. The van der Waals surface area contributed by atoms with Crippen molar-refractivity contribution in [2.45, 2.75) is 20.1 Å². The highest BCUT2D eigenvalue weighted by molar-refractivity contribution is 9.10. The van der Waals surface area contributed by atoms with Crippen molar-refractivity contribution in [3.63, 3.8) is 0 Å². The largest absolute Gasteiger partial charge is 0.464 e. The Labute approximate surface area is 130 Å². The van der Waals surface area contributed by atoms with Gasteiger partial charge in [-0.1, -0.05) is 5.21 Å². The van der Waals surface area contributed by atoms with Crippen molar-refractivity contribution >= 4 is 21.9 Å². The van der Waals surface area contributed by atoms with Crippen LogP contribution in [0, 0.1) is 6.92 Å². The molecule has 0 N–H and O–H groups in total. The summed E-state index contributed by atoms with van der Waals surface area (Å²) < 4.78 is 14.1. The zero-order valence-electron chi connectivity index (χ0n) is 12.3. The van der Waals surface area contributed by atoms with Gasteiger partial charge in [-0.3, -0.25) is 4.68 Å². The van der Waals surface area contributed by atoms with Gasteiger partial charge >= 0.3 is 5.97 Å². The summed E-state index contributed by atoms with van der Waals surface area (Å²) in [6.45, 7) is 2.54. The van der Waals surface area contributed by atoms with Crippen LogP contribution in [0.4, 0.5) is 0 Å². The van der Waals surface area contributed by atoms with E-state index in [2.05, 4.69) is 31.3 Å². The molecule has 0 aromatic carbocycles. The first-order valence-electron chi connectivity index (χ1n) is 6.17. The first-order valence-corrected chi connectivity index (χ1v) is 6.96. The molecule has 0 bridgehead atoms. The smallest absolute Gasteiger partial charge is 0.360 e. The predicted octanol–water partition coefficient (Wildman–Crippen LogP) is 1.06. The molecule has 21 heavy (non-hydrogen) atoms. The number of ether oxygens (including phenoxy) is 2. The van der Waals surface area contributed by atoms with Crippen molar-refractivity contribution in [3.8, 4) is 0 Å². The van der Waals surface area contributed by atoms with Crippen molar-refractivity contribution in [2.75, 3.05) is 14.2 Å². The predicted molar refractivity (Wildman–Crippen MR) is 76.8 cm³/mol. The maximum absolute atomic E-state index is 11.7. The molecule has 0 aliphatic rings. The van der Waals surface area contributed by atoms with Gasteiger partial charge in [0.2, 0.25) is 0 Å². The third-order valence-electron chi connectivity index (χ3n) is 3.06. The zero-order valence-corrected chi connectivity index (χ0v) is 13.8. The van der Waals surface area contributed by atoms with Gasteiger partial charge in [0.05, 0.1) is 41.8 Å². The molecule has 9 heteroatoms. The van der Waals surface area contributed by atoms with Gasteiger partial charge in [0, 0.05) is 14.2 Å². The molecular formula is C12H16BrN5O3. The van der Waals surface area contributed by atoms with Crippen molar-refractivity contribution in [3.05, 3.63) is 27.2 Å². The van der Waals surface area contributed by atoms with Crippen molar-refractivity contribution in [1.82, 2.24) is 24.8 Å². The van der Waals surface area contributed by atoms with E-state index in [4.69, 9.17) is 9.47 Å². The Balaban J connectivity index is 2.40. The van der Waals surface area contributed by atoms with Crippen LogP contribution in [0.2, 0.25) is 0 Å². The van der Waals surface area contributed by atoms with Gasteiger partial charge in [0.15, 0.2) is 5.69 Å². The van der Waals surface area contributed by atoms with E-state index in [1.54, 1.807) is 16.5 Å². The molecule has 0 amide bonds. The molecule has 2 aromatic rings. The molecule has 114 valence electrons. The summed E-state index contributed by atoms with van der Waals surface area (Å²) in [6, 6.07) is 0. The highest BCUT2D eigenvalue weighted by atomic mass is 79.9. The standard InChI is InChI=1S/C12H16BrN5O3/c1-7-10(13)8(17(2)15-7)5-18-9(6-20-3)11(14-16-18)12(19)21-4/h5-6H2,1-4H3. The lowest BCUT2D eigenvalue weighted by Crippen LogP contribution is -2.13. The maximum Gasteiger partial charge on any atom is 0.360 e. The third kappa shape index (κ3) is 2.98. The summed E-state index contributed by atoms with van der Waals surface area (Å²) in [5, 5.41) is 12.2. The molecule has 0 saturated carbocycles. The van der Waals surface area contributed by atoms with Crippen LogP contribution < -0.4 is 0 Å². The van der Waals surface area contributed by atoms with Crippen molar-refractivity contribution in [2.24, 2.45) is 7.05 Å². The van der Waals surface area contributed by atoms with Crippen LogP contribution in [0.15, 0.2) is 4.47 Å². The van der Waals surface area contributed by atoms with Crippen LogP contribution in [0.25, 0.3) is 0 Å². The fourth-order valence-electron chi connectivity index (χ4n) is 1.99. The Morgan fingerprint density at radius 3 is 2.57 bits per heavy atom. The zero-order chi connectivity index (χ0) is 15.6. The van der Waals surface area contributed by atoms with Gasteiger partial charge in [-0.15, -0.1) is 5.10 Å². The summed E-state index contributed by atoms with van der Waals surface area (Å²) in [5.41, 5.74) is 2.53. The van der Waals surface area contributed by atoms with E-state index in [-0.39, 0.29) is 12.3 Å². The topological polar surface area (TPSA) is 84.1 Å². The number of carbonyl (C=O) groups excluding carboxylic acids is 1. The number of rotatable bonds is 5. The molecule has 0 unspecified atom stereocenters. The minimum absolute atomic E-state index is 0.161. The lowest BCUT2D eigenvalue weighted by Gasteiger charge is -2.07. The highest BCUT2D eigenvalue weighted by Crippen LogP contribution is 2.22. The van der Waals surface area contributed by atoms with E-state index in [9.17, 15) is 4.79 Å². The second-order valence-corrected chi connectivity index (χ2v) is 5.23. The molecule has 0 saturated heterocycles. The van der Waals surface area contributed by atoms with Crippen molar-refractivity contribution in [1.29, 1.82) is 0 Å². The van der Waals surface area contributed by atoms with Gasteiger partial charge in [0.1, 0.15) is 0 Å². The highest BCUT2D eigenvalue weighted by Gasteiger charge is 2.22. The molecule has 0 fully saturated rings. The van der Waals surface area contributed by atoms with Gasteiger partial charge < -0.3 is 9.47 Å². The lowest BCUT2D eigenvalue weighted by atomic mass is 10.3. The van der Waals surface area contributed by atoms with E-state index in [0.29, 0.717) is 12.2 Å². The summed E-state index contributed by atoms with van der Waals surface area (Å²) in [5.74, 6) is -0.534. The second-order valence-electron chi connectivity index (χ2n) is 4.44. The number of esters is 1. The van der Waals surface area contributed by atoms with Gasteiger partial charge in [-0.2, -0.15) is 5.10 Å². The number of halogens is 1. The van der Waals surface area contributed by atoms with Crippen LogP contribution in [0.5, 0.6) is 0 Å². The minimum atomic E-state index is -0.534. The molecule has 8 nitrogen and oxygen atoms in total. The molecule has 0 aliphatic carbocycles. The Morgan fingerprint density at radius 2 is 2.05 bits per heavy atom. The van der Waals surface area contributed by atoms with Crippen molar-refractivity contribution < 1.29 is 14.3 Å². The molecule has 0 spiro atoms. The molecule has 2 rings (SSSR count). The molecule has 2 heterocycles. The van der Waals surface area contributed by atoms with E-state index in [1.165, 1.54) is 7.11 Å². The lowest BCUT2D eigenvalue weighted by molar-refractivity contribution is 0.0588. The average Bonchev–Trinajstić information content (AvgIpc) is 2.95. The number of hydrogen-bond donors (Lipinski definition) is 0. The molecule has 0 aliphatic heterocycles. The fraction of sp³-hybridized carbons (Fsp3) is 0.500. The fourth-order valence-corrected chi connectivity index (χ4v) is 2.45. The normalized spacial score (nSPS) is 10.9. The molecular weight excluding hydrogens is 342 g/mol. The minimum Gasteiger partial charge on any atom is -0.464 e. The Morgan fingerprint density at radius 1 is 1.33 bits per heavy atom. The van der Waals surface area contributed by atoms with Crippen LogP contribution in [0.1, 0.15) is 27.6 Å². The van der Waals surface area contributed by atoms with Gasteiger partial charge in [-0.05, 0) is 22.9 Å². The molecule has 0 atom stereocenters. The summed E-state index contributed by atoms with van der Waals surface area (Å²) in [7, 11) is 4.70. The number of aryl methyl sites for hydroxylation is 2. The third-order valence-corrected chi connectivity index (χ3v) is 4.09. The average molecular weight is 358 g/mol. The van der Waals surface area contributed by atoms with Gasteiger partial charge in [0.25, 0.3) is 0 Å². The number of hydrogen-bond acceptors (Lipinski definition) is 6. The molecule has 2 aromatic heterocycles. The van der Waals surface area contributed by atoms with Crippen LogP contribution >= 0.6 is 15.9 Å². The number of nitrogens with zero attached hydrogens (tertiary/aromatic N) is 5.